The smallest absolute Gasteiger partial charge is 0.0272 e. The van der Waals surface area contributed by atoms with Gasteiger partial charge in [-0.1, -0.05) is 12.2 Å². The van der Waals surface area contributed by atoms with Crippen LogP contribution in [-0.4, -0.2) is 56.1 Å². The molecule has 0 bridgehead atoms. The molecule has 0 saturated carbocycles. The maximum Gasteiger partial charge on any atom is 0.0272 e. The summed E-state index contributed by atoms with van der Waals surface area (Å²) in [6.45, 7) is 4.21. The summed E-state index contributed by atoms with van der Waals surface area (Å²) < 4.78 is 0. The fourth-order valence-corrected chi connectivity index (χ4v) is 1.87. The van der Waals surface area contributed by atoms with E-state index in [2.05, 4.69) is 29.6 Å². The number of thiocarbonyl (C=S) groups is 1. The van der Waals surface area contributed by atoms with Crippen LogP contribution in [0, 0.1) is 0 Å². The molecule has 0 radical (unpaired) electrons. The lowest BCUT2D eigenvalue weighted by molar-refractivity contribution is 0.396. The summed E-state index contributed by atoms with van der Waals surface area (Å²) >= 11 is 5.14. The normalized spacial score (nSPS) is 22.2. The quantitative estimate of drug-likeness (QED) is 0.491. The van der Waals surface area contributed by atoms with E-state index in [-0.39, 0.29) is 0 Å². The highest BCUT2D eigenvalue weighted by atomic mass is 32.1. The van der Waals surface area contributed by atoms with Crippen LogP contribution in [0.5, 0.6) is 0 Å². The SMILES string of the molecule is CN(C)CCNCCC1CC(=S)CN1. The summed E-state index contributed by atoms with van der Waals surface area (Å²) in [5.74, 6) is 0. The molecule has 0 aromatic carbocycles. The second-order valence-corrected chi connectivity index (χ2v) is 4.74. The Morgan fingerprint density at radius 2 is 2.29 bits per heavy atom. The highest BCUT2D eigenvalue weighted by Gasteiger charge is 2.17. The summed E-state index contributed by atoms with van der Waals surface area (Å²) in [7, 11) is 4.19. The first-order valence-electron chi connectivity index (χ1n) is 5.29. The maximum atomic E-state index is 5.14. The second-order valence-electron chi connectivity index (χ2n) is 4.16. The van der Waals surface area contributed by atoms with E-state index in [1.165, 1.54) is 11.3 Å². The number of hydrogen-bond donors (Lipinski definition) is 2. The van der Waals surface area contributed by atoms with Crippen molar-refractivity contribution in [1.29, 1.82) is 0 Å². The van der Waals surface area contributed by atoms with E-state index in [1.54, 1.807) is 0 Å². The zero-order valence-electron chi connectivity index (χ0n) is 9.18. The Morgan fingerprint density at radius 3 is 2.86 bits per heavy atom. The standard InChI is InChI=1S/C10H21N3S/c1-13(2)6-5-11-4-3-9-7-10(14)8-12-9/h9,11-12H,3-8H2,1-2H3. The van der Waals surface area contributed by atoms with Crippen molar-refractivity contribution in [3.8, 4) is 0 Å². The van der Waals surface area contributed by atoms with Crippen LogP contribution in [0.2, 0.25) is 0 Å². The van der Waals surface area contributed by atoms with Crippen molar-refractivity contribution >= 4 is 17.1 Å². The van der Waals surface area contributed by atoms with Crippen molar-refractivity contribution < 1.29 is 0 Å². The van der Waals surface area contributed by atoms with Crippen LogP contribution in [0.1, 0.15) is 12.8 Å². The van der Waals surface area contributed by atoms with Gasteiger partial charge in [0.15, 0.2) is 0 Å². The molecule has 82 valence electrons. The topological polar surface area (TPSA) is 27.3 Å². The second kappa shape index (κ2) is 6.45. The highest BCUT2D eigenvalue weighted by Crippen LogP contribution is 2.06. The van der Waals surface area contributed by atoms with Gasteiger partial charge in [0, 0.05) is 30.5 Å². The third kappa shape index (κ3) is 5.00. The van der Waals surface area contributed by atoms with Gasteiger partial charge in [-0.25, -0.2) is 0 Å². The molecule has 1 fully saturated rings. The summed E-state index contributed by atoms with van der Waals surface area (Å²) in [5.41, 5.74) is 0. The zero-order valence-corrected chi connectivity index (χ0v) is 9.99. The van der Waals surface area contributed by atoms with E-state index in [1.807, 2.05) is 0 Å². The van der Waals surface area contributed by atoms with E-state index in [0.717, 1.165) is 32.6 Å². The predicted molar refractivity (Wildman–Crippen MR) is 65.0 cm³/mol. The molecule has 4 heteroatoms. The molecule has 1 heterocycles. The van der Waals surface area contributed by atoms with Crippen LogP contribution in [0.3, 0.4) is 0 Å². The Hall–Kier alpha value is -0.0300. The van der Waals surface area contributed by atoms with Gasteiger partial charge in [-0.05, 0) is 33.5 Å². The van der Waals surface area contributed by atoms with Gasteiger partial charge in [0.1, 0.15) is 0 Å². The molecule has 0 aromatic rings. The van der Waals surface area contributed by atoms with E-state index in [4.69, 9.17) is 12.2 Å². The minimum Gasteiger partial charge on any atom is -0.315 e. The molecule has 3 nitrogen and oxygen atoms in total. The molecular weight excluding hydrogens is 194 g/mol. The van der Waals surface area contributed by atoms with E-state index in [0.29, 0.717) is 6.04 Å². The minimum atomic E-state index is 0.620. The van der Waals surface area contributed by atoms with Gasteiger partial charge in [-0.15, -0.1) is 0 Å². The molecule has 0 amide bonds. The minimum absolute atomic E-state index is 0.620. The third-order valence-corrected chi connectivity index (χ3v) is 2.78. The first kappa shape index (κ1) is 12.0. The highest BCUT2D eigenvalue weighted by molar-refractivity contribution is 7.80. The Morgan fingerprint density at radius 1 is 1.50 bits per heavy atom. The number of likely N-dealkylation sites (N-methyl/N-ethyl adjacent to an activating group) is 1. The largest absolute Gasteiger partial charge is 0.315 e. The summed E-state index contributed by atoms with van der Waals surface area (Å²) in [6, 6.07) is 0.620. The fourth-order valence-electron chi connectivity index (χ4n) is 1.59. The van der Waals surface area contributed by atoms with Gasteiger partial charge < -0.3 is 15.5 Å². The van der Waals surface area contributed by atoms with Gasteiger partial charge in [-0.3, -0.25) is 0 Å². The molecule has 14 heavy (non-hydrogen) atoms. The van der Waals surface area contributed by atoms with Gasteiger partial charge in [-0.2, -0.15) is 0 Å². The lowest BCUT2D eigenvalue weighted by atomic mass is 10.1. The Kier molecular flexibility index (Phi) is 5.55. The number of hydrogen-bond acceptors (Lipinski definition) is 4. The van der Waals surface area contributed by atoms with Crippen molar-refractivity contribution in [3.63, 3.8) is 0 Å². The lowest BCUT2D eigenvalue weighted by Gasteiger charge is -2.12. The molecule has 2 N–H and O–H groups in total. The van der Waals surface area contributed by atoms with Crippen LogP contribution in [-0.2, 0) is 0 Å². The monoisotopic (exact) mass is 215 g/mol. The van der Waals surface area contributed by atoms with Crippen LogP contribution in [0.25, 0.3) is 0 Å². The number of rotatable bonds is 6. The van der Waals surface area contributed by atoms with Crippen LogP contribution >= 0.6 is 12.2 Å². The first-order valence-corrected chi connectivity index (χ1v) is 5.70. The lowest BCUT2D eigenvalue weighted by Crippen LogP contribution is -2.31. The van der Waals surface area contributed by atoms with Crippen molar-refractivity contribution in [2.24, 2.45) is 0 Å². The fraction of sp³-hybridized carbons (Fsp3) is 0.900. The molecule has 1 aliphatic rings. The third-order valence-electron chi connectivity index (χ3n) is 2.47. The molecule has 1 saturated heterocycles. The van der Waals surface area contributed by atoms with E-state index in [9.17, 15) is 0 Å². The van der Waals surface area contributed by atoms with Gasteiger partial charge in [0.2, 0.25) is 0 Å². The van der Waals surface area contributed by atoms with Crippen molar-refractivity contribution in [2.75, 3.05) is 40.3 Å². The van der Waals surface area contributed by atoms with Gasteiger partial charge in [0.05, 0.1) is 0 Å². The molecular formula is C10H21N3S. The number of nitrogens with one attached hydrogen (secondary N) is 2. The van der Waals surface area contributed by atoms with Crippen molar-refractivity contribution in [1.82, 2.24) is 15.5 Å². The molecule has 1 aliphatic heterocycles. The van der Waals surface area contributed by atoms with E-state index < -0.39 is 0 Å². The summed E-state index contributed by atoms with van der Waals surface area (Å²) in [6.07, 6.45) is 2.28. The van der Waals surface area contributed by atoms with Gasteiger partial charge in [0.25, 0.3) is 0 Å². The Bertz CT molecular complexity index is 182. The average molecular weight is 215 g/mol. The molecule has 0 aromatic heterocycles. The Labute approximate surface area is 92.2 Å². The first-order chi connectivity index (χ1) is 6.68. The summed E-state index contributed by atoms with van der Waals surface area (Å²) in [4.78, 5) is 3.37. The summed E-state index contributed by atoms with van der Waals surface area (Å²) in [5, 5.41) is 6.85. The van der Waals surface area contributed by atoms with Crippen LogP contribution in [0.4, 0.5) is 0 Å². The van der Waals surface area contributed by atoms with Crippen LogP contribution in [0.15, 0.2) is 0 Å². The average Bonchev–Trinajstić information content (AvgIpc) is 2.50. The molecule has 1 rings (SSSR count). The Balaban J connectivity index is 1.91. The predicted octanol–water partition coefficient (Wildman–Crippen LogP) is 0.260. The molecule has 0 aliphatic carbocycles. The van der Waals surface area contributed by atoms with Crippen molar-refractivity contribution in [2.45, 2.75) is 18.9 Å². The van der Waals surface area contributed by atoms with Gasteiger partial charge >= 0.3 is 0 Å². The van der Waals surface area contributed by atoms with Crippen LogP contribution < -0.4 is 10.6 Å². The molecule has 0 spiro atoms. The number of nitrogens with zero attached hydrogens (tertiary/aromatic N) is 1. The van der Waals surface area contributed by atoms with Crippen molar-refractivity contribution in [3.05, 3.63) is 0 Å². The zero-order chi connectivity index (χ0) is 10.4. The maximum absolute atomic E-state index is 5.14. The van der Waals surface area contributed by atoms with E-state index >= 15 is 0 Å². The molecule has 1 atom stereocenters. The molecule has 1 unspecified atom stereocenters.